The van der Waals surface area contributed by atoms with Crippen molar-refractivity contribution in [2.24, 2.45) is 0 Å². The summed E-state index contributed by atoms with van der Waals surface area (Å²) in [5, 5.41) is 3.16. The van der Waals surface area contributed by atoms with Crippen molar-refractivity contribution in [3.8, 4) is 5.75 Å². The summed E-state index contributed by atoms with van der Waals surface area (Å²) in [7, 11) is 0. The van der Waals surface area contributed by atoms with Crippen LogP contribution in [0.3, 0.4) is 0 Å². The van der Waals surface area contributed by atoms with Crippen molar-refractivity contribution in [2.45, 2.75) is 57.7 Å². The number of halogens is 1. The van der Waals surface area contributed by atoms with E-state index in [4.69, 9.17) is 4.74 Å². The van der Waals surface area contributed by atoms with Crippen molar-refractivity contribution in [3.05, 3.63) is 63.7 Å². The lowest BCUT2D eigenvalue weighted by Crippen LogP contribution is -2.52. The molecule has 30 heavy (non-hydrogen) atoms. The molecule has 0 saturated heterocycles. The van der Waals surface area contributed by atoms with Crippen molar-refractivity contribution in [1.82, 2.24) is 10.2 Å². The zero-order chi connectivity index (χ0) is 21.3. The van der Waals surface area contributed by atoms with Gasteiger partial charge in [-0.05, 0) is 71.7 Å². The maximum atomic E-state index is 13.1. The van der Waals surface area contributed by atoms with E-state index in [1.165, 1.54) is 0 Å². The lowest BCUT2D eigenvalue weighted by molar-refractivity contribution is -0.143. The van der Waals surface area contributed by atoms with Crippen LogP contribution in [0.4, 0.5) is 0 Å². The van der Waals surface area contributed by atoms with Gasteiger partial charge in [0.2, 0.25) is 5.91 Å². The van der Waals surface area contributed by atoms with Gasteiger partial charge in [-0.2, -0.15) is 0 Å². The first kappa shape index (κ1) is 22.6. The third kappa shape index (κ3) is 6.45. The Hall–Kier alpha value is -2.09. The van der Waals surface area contributed by atoms with Gasteiger partial charge >= 0.3 is 0 Å². The minimum atomic E-state index is -0.515. The van der Waals surface area contributed by atoms with E-state index in [0.717, 1.165) is 34.8 Å². The van der Waals surface area contributed by atoms with E-state index < -0.39 is 6.04 Å². The lowest BCUT2D eigenvalue weighted by Gasteiger charge is -2.31. The van der Waals surface area contributed by atoms with Gasteiger partial charge in [-0.25, -0.2) is 0 Å². The second-order valence-corrected chi connectivity index (χ2v) is 8.91. The first-order valence-electron chi connectivity index (χ1n) is 10.6. The van der Waals surface area contributed by atoms with Crippen molar-refractivity contribution < 1.29 is 14.3 Å². The Balaban J connectivity index is 1.72. The fourth-order valence-electron chi connectivity index (χ4n) is 3.83. The number of nitrogens with zero attached hydrogens (tertiary/aromatic N) is 1. The van der Waals surface area contributed by atoms with Crippen molar-refractivity contribution in [1.29, 1.82) is 0 Å². The normalized spacial score (nSPS) is 14.9. The number of ether oxygens (including phenoxy) is 1. The third-order valence-electron chi connectivity index (χ3n) is 5.46. The van der Waals surface area contributed by atoms with Crippen LogP contribution in [0.5, 0.6) is 5.75 Å². The summed E-state index contributed by atoms with van der Waals surface area (Å²) in [6, 6.07) is 17.1. The van der Waals surface area contributed by atoms with Crippen molar-refractivity contribution in [2.75, 3.05) is 6.61 Å². The Morgan fingerprint density at radius 2 is 1.77 bits per heavy atom. The number of rotatable bonds is 9. The van der Waals surface area contributed by atoms with E-state index in [2.05, 4.69) is 27.9 Å². The molecule has 6 heteroatoms. The molecular formula is C24H29IN2O3. The second-order valence-electron chi connectivity index (χ2n) is 7.66. The standard InChI is InChI=1S/C24H29IN2O3/c1-2-22(24(29)26-20-10-6-7-11-20)27(16-18-8-4-3-5-9-18)23(28)17-30-21-14-12-19(25)13-15-21/h3-5,8-9,12-15,20,22H,2,6-7,10-11,16-17H2,1H3,(H,26,29)/t22-/m1/s1. The van der Waals surface area contributed by atoms with E-state index in [-0.39, 0.29) is 24.5 Å². The van der Waals surface area contributed by atoms with Gasteiger partial charge < -0.3 is 15.0 Å². The van der Waals surface area contributed by atoms with Crippen LogP contribution in [-0.2, 0) is 16.1 Å². The molecule has 0 radical (unpaired) electrons. The molecule has 0 bridgehead atoms. The van der Waals surface area contributed by atoms with Gasteiger partial charge in [0.1, 0.15) is 11.8 Å². The molecule has 2 aromatic carbocycles. The lowest BCUT2D eigenvalue weighted by atomic mass is 10.1. The molecule has 2 aromatic rings. The number of benzene rings is 2. The Bertz CT molecular complexity index is 820. The second kappa shape index (κ2) is 11.3. The molecular weight excluding hydrogens is 491 g/mol. The van der Waals surface area contributed by atoms with Crippen LogP contribution in [0.15, 0.2) is 54.6 Å². The molecule has 2 amide bonds. The molecule has 0 aromatic heterocycles. The zero-order valence-electron chi connectivity index (χ0n) is 17.4. The maximum absolute atomic E-state index is 13.1. The molecule has 1 saturated carbocycles. The zero-order valence-corrected chi connectivity index (χ0v) is 19.5. The number of hydrogen-bond acceptors (Lipinski definition) is 3. The van der Waals surface area contributed by atoms with Crippen LogP contribution in [0.25, 0.3) is 0 Å². The summed E-state index contributed by atoms with van der Waals surface area (Å²) in [5.74, 6) is 0.389. The summed E-state index contributed by atoms with van der Waals surface area (Å²) in [6.07, 6.45) is 4.90. The summed E-state index contributed by atoms with van der Waals surface area (Å²) >= 11 is 2.23. The monoisotopic (exact) mass is 520 g/mol. The van der Waals surface area contributed by atoms with Crippen molar-refractivity contribution in [3.63, 3.8) is 0 Å². The minimum Gasteiger partial charge on any atom is -0.484 e. The van der Waals surface area contributed by atoms with Gasteiger partial charge in [-0.3, -0.25) is 9.59 Å². The summed E-state index contributed by atoms with van der Waals surface area (Å²) < 4.78 is 6.83. The molecule has 3 rings (SSSR count). The smallest absolute Gasteiger partial charge is 0.261 e. The number of amides is 2. The Morgan fingerprint density at radius 1 is 1.10 bits per heavy atom. The SMILES string of the molecule is CC[C@H](C(=O)NC1CCCC1)N(Cc1ccccc1)C(=O)COc1ccc(I)cc1. The molecule has 160 valence electrons. The minimum absolute atomic E-state index is 0.0667. The average molecular weight is 520 g/mol. The van der Waals surface area contributed by atoms with Gasteiger partial charge in [-0.1, -0.05) is 50.1 Å². The van der Waals surface area contributed by atoms with Crippen LogP contribution >= 0.6 is 22.6 Å². The van der Waals surface area contributed by atoms with Crippen LogP contribution in [0, 0.1) is 3.57 Å². The van der Waals surface area contributed by atoms with E-state index in [1.54, 1.807) is 4.90 Å². The Labute approximate surface area is 192 Å². The van der Waals surface area contributed by atoms with Crippen LogP contribution in [0.1, 0.15) is 44.6 Å². The van der Waals surface area contributed by atoms with E-state index in [0.29, 0.717) is 18.7 Å². The molecule has 0 aliphatic heterocycles. The number of hydrogen-bond donors (Lipinski definition) is 1. The van der Waals surface area contributed by atoms with Crippen LogP contribution in [-0.4, -0.2) is 35.4 Å². The first-order chi connectivity index (χ1) is 14.6. The molecule has 1 aliphatic carbocycles. The Morgan fingerprint density at radius 3 is 2.40 bits per heavy atom. The predicted molar refractivity (Wildman–Crippen MR) is 126 cm³/mol. The van der Waals surface area contributed by atoms with Gasteiger partial charge in [0.25, 0.3) is 5.91 Å². The number of carbonyl (C=O) groups is 2. The molecule has 1 N–H and O–H groups in total. The molecule has 0 spiro atoms. The number of carbonyl (C=O) groups excluding carboxylic acids is 2. The Kier molecular flexibility index (Phi) is 8.54. The third-order valence-corrected chi connectivity index (χ3v) is 6.18. The average Bonchev–Trinajstić information content (AvgIpc) is 3.26. The van der Waals surface area contributed by atoms with Crippen molar-refractivity contribution >= 4 is 34.4 Å². The van der Waals surface area contributed by atoms with E-state index in [1.807, 2.05) is 61.5 Å². The highest BCUT2D eigenvalue weighted by Gasteiger charge is 2.30. The highest BCUT2D eigenvalue weighted by Crippen LogP contribution is 2.20. The van der Waals surface area contributed by atoms with E-state index in [9.17, 15) is 9.59 Å². The fraction of sp³-hybridized carbons (Fsp3) is 0.417. The summed E-state index contributed by atoms with van der Waals surface area (Å²) in [4.78, 5) is 27.8. The summed E-state index contributed by atoms with van der Waals surface area (Å²) in [5.41, 5.74) is 0.993. The topological polar surface area (TPSA) is 58.6 Å². The highest BCUT2D eigenvalue weighted by atomic mass is 127. The molecule has 1 atom stereocenters. The maximum Gasteiger partial charge on any atom is 0.261 e. The highest BCUT2D eigenvalue weighted by molar-refractivity contribution is 14.1. The van der Waals surface area contributed by atoms with Crippen LogP contribution in [0.2, 0.25) is 0 Å². The number of nitrogens with one attached hydrogen (secondary N) is 1. The van der Waals surface area contributed by atoms with E-state index >= 15 is 0 Å². The quantitative estimate of drug-likeness (QED) is 0.495. The fourth-order valence-corrected chi connectivity index (χ4v) is 4.19. The molecule has 0 unspecified atom stereocenters. The van der Waals surface area contributed by atoms with Crippen LogP contribution < -0.4 is 10.1 Å². The van der Waals surface area contributed by atoms with Gasteiger partial charge in [-0.15, -0.1) is 0 Å². The van der Waals surface area contributed by atoms with Gasteiger partial charge in [0, 0.05) is 16.2 Å². The molecule has 0 heterocycles. The largest absolute Gasteiger partial charge is 0.484 e. The summed E-state index contributed by atoms with van der Waals surface area (Å²) in [6.45, 7) is 2.23. The van der Waals surface area contributed by atoms with Gasteiger partial charge in [0.15, 0.2) is 6.61 Å². The molecule has 1 fully saturated rings. The van der Waals surface area contributed by atoms with Gasteiger partial charge in [0.05, 0.1) is 0 Å². The molecule has 5 nitrogen and oxygen atoms in total. The predicted octanol–water partition coefficient (Wildman–Crippen LogP) is 4.54. The first-order valence-corrected chi connectivity index (χ1v) is 11.7. The molecule has 1 aliphatic rings.